The van der Waals surface area contributed by atoms with E-state index in [0.29, 0.717) is 0 Å². The van der Waals surface area contributed by atoms with Gasteiger partial charge < -0.3 is 23.5 Å². The number of rotatable bonds is 4. The summed E-state index contributed by atoms with van der Waals surface area (Å²) < 4.78 is 14.3. The third-order valence-corrected chi connectivity index (χ3v) is 14.2. The molecule has 0 saturated carbocycles. The van der Waals surface area contributed by atoms with Gasteiger partial charge in [-0.05, 0) is 119 Å². The minimum absolute atomic E-state index is 0.156. The van der Waals surface area contributed by atoms with E-state index in [0.717, 1.165) is 96.0 Å². The van der Waals surface area contributed by atoms with Crippen LogP contribution in [0.5, 0.6) is 0 Å². The summed E-state index contributed by atoms with van der Waals surface area (Å²) in [6.07, 6.45) is 0. The van der Waals surface area contributed by atoms with Gasteiger partial charge in [-0.25, -0.2) is 0 Å². The Morgan fingerprint density at radius 3 is 1.30 bits per heavy atom. The number of para-hydroxylation sites is 6. The van der Waals surface area contributed by atoms with Gasteiger partial charge in [0.15, 0.2) is 0 Å². The number of hydrogen-bond donors (Lipinski definition) is 0. The highest BCUT2D eigenvalue weighted by Crippen LogP contribution is 2.50. The molecule has 6 nitrogen and oxygen atoms in total. The molecule has 66 heavy (non-hydrogen) atoms. The Hall–Kier alpha value is -8.61. The summed E-state index contributed by atoms with van der Waals surface area (Å²) in [4.78, 5) is 9.72. The predicted octanol–water partition coefficient (Wildman–Crippen LogP) is 11.3. The van der Waals surface area contributed by atoms with Crippen molar-refractivity contribution in [3.05, 3.63) is 218 Å². The van der Waals surface area contributed by atoms with Crippen LogP contribution in [0.25, 0.3) is 21.9 Å². The van der Waals surface area contributed by atoms with Gasteiger partial charge in [-0.2, -0.15) is 0 Å². The van der Waals surface area contributed by atoms with Crippen molar-refractivity contribution in [2.75, 3.05) is 19.6 Å². The van der Waals surface area contributed by atoms with Crippen molar-refractivity contribution in [1.29, 1.82) is 0 Å². The number of hydrogen-bond acceptors (Lipinski definition) is 6. The van der Waals surface area contributed by atoms with Crippen LogP contribution in [0, 0.1) is 0 Å². The lowest BCUT2D eigenvalue weighted by molar-refractivity contribution is 0.623. The number of nitrogens with zero attached hydrogens (tertiary/aromatic N) is 4. The van der Waals surface area contributed by atoms with Crippen molar-refractivity contribution < 1.29 is 8.83 Å². The smallest absolute Gasteiger partial charge is 0.297 e. The molecule has 0 spiro atoms. The van der Waals surface area contributed by atoms with Gasteiger partial charge in [0, 0.05) is 73.1 Å². The fraction of sp³-hybridized carbons (Fsp3) is 0. The van der Waals surface area contributed by atoms with Crippen LogP contribution in [-0.4, -0.2) is 13.4 Å². The SMILES string of the molecule is c1ccc(N2c3cc4c(cc3B3c5c2cccc5N(c2ccccc2)c2oc5ccccc5c23)B2c3oc5ccccc5c3N(c3ccccc3)c3cccc(c32)N4c2ccccc2)cc1. The molecular formula is C58H36B2N4O2. The van der Waals surface area contributed by atoms with Crippen molar-refractivity contribution in [3.8, 4) is 0 Å². The quantitative estimate of drug-likeness (QED) is 0.164. The monoisotopic (exact) mass is 842 g/mol. The average molecular weight is 843 g/mol. The molecule has 0 atom stereocenters. The Morgan fingerprint density at radius 1 is 0.303 bits per heavy atom. The van der Waals surface area contributed by atoms with Gasteiger partial charge in [0.25, 0.3) is 13.4 Å². The maximum Gasteiger partial charge on any atom is 0.297 e. The highest BCUT2D eigenvalue weighted by Gasteiger charge is 2.50. The van der Waals surface area contributed by atoms with E-state index in [9.17, 15) is 0 Å². The predicted molar refractivity (Wildman–Crippen MR) is 274 cm³/mol. The minimum Gasteiger partial charge on any atom is -0.468 e. The summed E-state index contributed by atoms with van der Waals surface area (Å²) in [5.41, 5.74) is 20.9. The number of benzene rings is 9. The normalized spacial score (nSPS) is 13.9. The molecule has 6 heterocycles. The molecule has 0 N–H and O–H groups in total. The van der Waals surface area contributed by atoms with Crippen molar-refractivity contribution in [2.45, 2.75) is 0 Å². The van der Waals surface area contributed by atoms with Gasteiger partial charge in [0.05, 0.1) is 11.3 Å². The molecule has 0 amide bonds. The second-order valence-corrected chi connectivity index (χ2v) is 17.6. The third-order valence-electron chi connectivity index (χ3n) is 14.2. The largest absolute Gasteiger partial charge is 0.468 e. The molecule has 0 saturated heterocycles. The highest BCUT2D eigenvalue weighted by molar-refractivity contribution is 7.03. The lowest BCUT2D eigenvalue weighted by Gasteiger charge is -2.45. The Bertz CT molecular complexity index is 3760. The molecule has 0 radical (unpaired) electrons. The average Bonchev–Trinajstić information content (AvgIpc) is 3.96. The minimum atomic E-state index is -0.217. The zero-order valence-corrected chi connectivity index (χ0v) is 35.5. The third kappa shape index (κ3) is 4.77. The summed E-state index contributed by atoms with van der Waals surface area (Å²) >= 11 is 0. The first-order chi connectivity index (χ1) is 32.8. The van der Waals surface area contributed by atoms with Crippen LogP contribution < -0.4 is 52.6 Å². The Kier molecular flexibility index (Phi) is 7.30. The van der Waals surface area contributed by atoms with Gasteiger partial charge in [-0.15, -0.1) is 0 Å². The molecule has 0 aliphatic carbocycles. The Morgan fingerprint density at radius 2 is 0.727 bits per heavy atom. The summed E-state index contributed by atoms with van der Waals surface area (Å²) in [7, 11) is 0. The summed E-state index contributed by atoms with van der Waals surface area (Å²) in [5, 5.41) is 2.21. The molecule has 9 aromatic carbocycles. The standard InChI is InChI=1S/C58H36B2N4O2/c1-5-19-37(20-6-1)61-45-29-18-32-48-54(45)59(53-41-27-13-15-33-51(41)66-58(53)64(48)40-25-11-4-12-26-40)43-35-44-50(36-49(43)61)62(38-21-7-2-8-22-38)46-30-17-31-47-55(46)60(44)57-56(42-28-14-16-34-52(42)65-57)63(47)39-23-9-3-10-24-39/h1-36H. The van der Waals surface area contributed by atoms with Crippen molar-refractivity contribution >= 4 is 137 Å². The van der Waals surface area contributed by atoms with Crippen molar-refractivity contribution in [2.24, 2.45) is 0 Å². The second-order valence-electron chi connectivity index (χ2n) is 17.6. The van der Waals surface area contributed by atoms with E-state index < -0.39 is 0 Å². The fourth-order valence-electron chi connectivity index (χ4n) is 11.7. The van der Waals surface area contributed by atoms with Gasteiger partial charge >= 0.3 is 0 Å². The van der Waals surface area contributed by atoms with E-state index in [-0.39, 0.29) is 13.4 Å². The molecule has 11 aromatic rings. The summed E-state index contributed by atoms with van der Waals surface area (Å²) in [5.74, 6) is 0.850. The van der Waals surface area contributed by atoms with Crippen molar-refractivity contribution in [1.82, 2.24) is 0 Å². The van der Waals surface area contributed by atoms with Crippen LogP contribution in [0.2, 0.25) is 0 Å². The van der Waals surface area contributed by atoms with E-state index in [1.165, 1.54) is 27.3 Å². The lowest BCUT2D eigenvalue weighted by atomic mass is 9.31. The van der Waals surface area contributed by atoms with E-state index in [1.54, 1.807) is 0 Å². The van der Waals surface area contributed by atoms with Crippen LogP contribution in [-0.2, 0) is 0 Å². The van der Waals surface area contributed by atoms with Gasteiger partial charge in [-0.1, -0.05) is 121 Å². The van der Waals surface area contributed by atoms with Crippen LogP contribution >= 0.6 is 0 Å². The molecular weight excluding hydrogens is 806 g/mol. The second kappa shape index (κ2) is 13.5. The number of anilines is 12. The zero-order chi connectivity index (χ0) is 43.0. The molecule has 4 aliphatic heterocycles. The highest BCUT2D eigenvalue weighted by atomic mass is 16.4. The van der Waals surface area contributed by atoms with Crippen molar-refractivity contribution in [3.63, 3.8) is 0 Å². The van der Waals surface area contributed by atoms with Crippen LogP contribution in [0.1, 0.15) is 0 Å². The van der Waals surface area contributed by atoms with Crippen LogP contribution in [0.4, 0.5) is 68.4 Å². The first-order valence-corrected chi connectivity index (χ1v) is 22.7. The maximum absolute atomic E-state index is 7.24. The number of fused-ring (bicyclic) bond motifs is 12. The first-order valence-electron chi connectivity index (χ1n) is 22.7. The first kappa shape index (κ1) is 35.8. The summed E-state index contributed by atoms with van der Waals surface area (Å²) in [6.45, 7) is -0.373. The molecule has 0 fully saturated rings. The number of furan rings is 2. The molecule has 8 heteroatoms. The van der Waals surface area contributed by atoms with E-state index in [4.69, 9.17) is 8.83 Å². The zero-order valence-electron chi connectivity index (χ0n) is 35.5. The van der Waals surface area contributed by atoms with Crippen LogP contribution in [0.15, 0.2) is 227 Å². The Balaban J connectivity index is 1.08. The van der Waals surface area contributed by atoms with Gasteiger partial charge in [0.2, 0.25) is 5.88 Å². The lowest BCUT2D eigenvalue weighted by Crippen LogP contribution is -2.65. The van der Waals surface area contributed by atoms with E-state index >= 15 is 0 Å². The molecule has 15 rings (SSSR count). The molecule has 0 bridgehead atoms. The van der Waals surface area contributed by atoms with Gasteiger partial charge in [0.1, 0.15) is 11.2 Å². The molecule has 2 aromatic heterocycles. The molecule has 0 unspecified atom stereocenters. The van der Waals surface area contributed by atoms with Gasteiger partial charge in [-0.3, -0.25) is 4.90 Å². The molecule has 4 aliphatic rings. The van der Waals surface area contributed by atoms with E-state index in [2.05, 4.69) is 238 Å². The fourth-order valence-corrected chi connectivity index (χ4v) is 11.7. The Labute approximate surface area is 382 Å². The van der Waals surface area contributed by atoms with Crippen LogP contribution in [0.3, 0.4) is 0 Å². The van der Waals surface area contributed by atoms with E-state index in [1.807, 2.05) is 0 Å². The molecule has 306 valence electrons. The summed E-state index contributed by atoms with van der Waals surface area (Å²) in [6, 6.07) is 78.7. The topological polar surface area (TPSA) is 39.2 Å². The maximum atomic E-state index is 7.24.